The Balaban J connectivity index is 2.84. The fourth-order valence-electron chi connectivity index (χ4n) is 1.27. The quantitative estimate of drug-likeness (QED) is 0.691. The highest BCUT2D eigenvalue weighted by atomic mass is 16.6. The Morgan fingerprint density at radius 3 is 2.59 bits per heavy atom. The zero-order chi connectivity index (χ0) is 13.1. The van der Waals surface area contributed by atoms with E-state index in [0.717, 1.165) is 0 Å². The minimum atomic E-state index is -0.672. The van der Waals surface area contributed by atoms with E-state index in [1.165, 1.54) is 6.07 Å². The number of phenols is 1. The van der Waals surface area contributed by atoms with Gasteiger partial charge in [0.05, 0.1) is 12.3 Å². The van der Waals surface area contributed by atoms with E-state index in [9.17, 15) is 9.90 Å². The number of hydrogen-bond donors (Lipinski definition) is 3. The fourth-order valence-corrected chi connectivity index (χ4v) is 1.27. The summed E-state index contributed by atoms with van der Waals surface area (Å²) in [5, 5.41) is 21.1. The maximum atomic E-state index is 11.5. The van der Waals surface area contributed by atoms with Crippen LogP contribution in [0.3, 0.4) is 0 Å². The molecule has 0 heterocycles. The van der Waals surface area contributed by atoms with Gasteiger partial charge in [-0.3, -0.25) is 5.32 Å². The minimum absolute atomic E-state index is 0.109. The van der Waals surface area contributed by atoms with Crippen LogP contribution in [-0.4, -0.2) is 21.9 Å². The molecule has 0 aromatic heterocycles. The second-order valence-corrected chi connectivity index (χ2v) is 4.60. The largest absolute Gasteiger partial charge is 0.506 e. The zero-order valence-electron chi connectivity index (χ0n) is 10.2. The van der Waals surface area contributed by atoms with Crippen molar-refractivity contribution in [1.29, 1.82) is 0 Å². The molecule has 0 fully saturated rings. The molecule has 0 spiro atoms. The monoisotopic (exact) mass is 239 g/mol. The number of ether oxygens (including phenoxy) is 1. The summed E-state index contributed by atoms with van der Waals surface area (Å²) in [5.74, 6) is -0.109. The van der Waals surface area contributed by atoms with Crippen molar-refractivity contribution in [1.82, 2.24) is 0 Å². The molecule has 0 saturated carbocycles. The van der Waals surface area contributed by atoms with Crippen molar-refractivity contribution < 1.29 is 19.7 Å². The molecule has 0 aliphatic heterocycles. The van der Waals surface area contributed by atoms with Crippen LogP contribution in [0.5, 0.6) is 5.75 Å². The Bertz CT molecular complexity index is 409. The number of carbonyl (C=O) groups is 1. The lowest BCUT2D eigenvalue weighted by atomic mass is 10.1. The predicted octanol–water partition coefficient (Wildman–Crippen LogP) is 2.23. The molecule has 0 aliphatic carbocycles. The predicted molar refractivity (Wildman–Crippen MR) is 63.9 cm³/mol. The number of anilines is 1. The summed E-state index contributed by atoms with van der Waals surface area (Å²) in [6, 6.07) is 4.61. The summed E-state index contributed by atoms with van der Waals surface area (Å²) in [7, 11) is 0. The third-order valence-electron chi connectivity index (χ3n) is 1.93. The minimum Gasteiger partial charge on any atom is -0.506 e. The van der Waals surface area contributed by atoms with E-state index in [1.807, 2.05) is 0 Å². The molecule has 1 aromatic carbocycles. The fraction of sp³-hybridized carbons (Fsp3) is 0.417. The first-order chi connectivity index (χ1) is 7.83. The molecule has 1 amide bonds. The molecule has 0 saturated heterocycles. The third-order valence-corrected chi connectivity index (χ3v) is 1.93. The SMILES string of the molecule is CC(C)(C)OC(=O)Nc1c(O)cccc1CO. The van der Waals surface area contributed by atoms with Crippen molar-refractivity contribution in [3.63, 3.8) is 0 Å². The van der Waals surface area contributed by atoms with Crippen molar-refractivity contribution in [2.45, 2.75) is 33.0 Å². The van der Waals surface area contributed by atoms with Gasteiger partial charge >= 0.3 is 6.09 Å². The molecule has 0 bridgehead atoms. The Morgan fingerprint density at radius 1 is 1.41 bits per heavy atom. The summed E-state index contributed by atoms with van der Waals surface area (Å²) in [4.78, 5) is 11.5. The molecule has 5 heteroatoms. The number of benzene rings is 1. The van der Waals surface area contributed by atoms with Crippen molar-refractivity contribution in [2.24, 2.45) is 0 Å². The van der Waals surface area contributed by atoms with Gasteiger partial charge in [-0.2, -0.15) is 0 Å². The van der Waals surface area contributed by atoms with Gasteiger partial charge in [-0.15, -0.1) is 0 Å². The molecule has 0 unspecified atom stereocenters. The van der Waals surface area contributed by atoms with Gasteiger partial charge in [0.15, 0.2) is 0 Å². The van der Waals surface area contributed by atoms with E-state index >= 15 is 0 Å². The van der Waals surface area contributed by atoms with E-state index in [4.69, 9.17) is 9.84 Å². The first-order valence-corrected chi connectivity index (χ1v) is 5.25. The first-order valence-electron chi connectivity index (χ1n) is 5.25. The molecule has 0 radical (unpaired) electrons. The van der Waals surface area contributed by atoms with Gasteiger partial charge in [-0.25, -0.2) is 4.79 Å². The zero-order valence-corrected chi connectivity index (χ0v) is 10.2. The van der Waals surface area contributed by atoms with Crippen LogP contribution in [-0.2, 0) is 11.3 Å². The number of para-hydroxylation sites is 1. The van der Waals surface area contributed by atoms with E-state index in [2.05, 4.69) is 5.32 Å². The molecule has 1 rings (SSSR count). The molecule has 0 atom stereocenters. The highest BCUT2D eigenvalue weighted by Gasteiger charge is 2.18. The molecule has 0 aliphatic rings. The van der Waals surface area contributed by atoms with Crippen LogP contribution in [0.4, 0.5) is 10.5 Å². The number of hydrogen-bond acceptors (Lipinski definition) is 4. The van der Waals surface area contributed by atoms with Crippen LogP contribution in [0.1, 0.15) is 26.3 Å². The second kappa shape index (κ2) is 5.05. The lowest BCUT2D eigenvalue weighted by Gasteiger charge is -2.20. The van der Waals surface area contributed by atoms with Gasteiger partial charge in [-0.1, -0.05) is 12.1 Å². The van der Waals surface area contributed by atoms with Crippen LogP contribution >= 0.6 is 0 Å². The van der Waals surface area contributed by atoms with Crippen LogP contribution in [0.2, 0.25) is 0 Å². The Labute approximate surface area is 100 Å². The van der Waals surface area contributed by atoms with Crippen LogP contribution < -0.4 is 5.32 Å². The number of phenolic OH excluding ortho intramolecular Hbond substituents is 1. The first kappa shape index (κ1) is 13.3. The number of aromatic hydroxyl groups is 1. The van der Waals surface area contributed by atoms with E-state index in [0.29, 0.717) is 5.56 Å². The summed E-state index contributed by atoms with van der Waals surface area (Å²) in [6.45, 7) is 4.94. The standard InChI is InChI=1S/C12H17NO4/c1-12(2,3)17-11(16)13-10-8(7-14)5-4-6-9(10)15/h4-6,14-15H,7H2,1-3H3,(H,13,16). The van der Waals surface area contributed by atoms with Crippen LogP contribution in [0, 0.1) is 0 Å². The number of aliphatic hydroxyl groups is 1. The maximum absolute atomic E-state index is 11.5. The number of amides is 1. The van der Waals surface area contributed by atoms with E-state index < -0.39 is 11.7 Å². The van der Waals surface area contributed by atoms with Gasteiger partial charge in [0.1, 0.15) is 11.4 Å². The summed E-state index contributed by atoms with van der Waals surface area (Å²) in [6.07, 6.45) is -0.672. The lowest BCUT2D eigenvalue weighted by Crippen LogP contribution is -2.27. The van der Waals surface area contributed by atoms with Crippen LogP contribution in [0.25, 0.3) is 0 Å². The van der Waals surface area contributed by atoms with E-state index in [-0.39, 0.29) is 18.0 Å². The van der Waals surface area contributed by atoms with Gasteiger partial charge in [0.2, 0.25) is 0 Å². The molecule has 94 valence electrons. The molecular formula is C12H17NO4. The number of carbonyl (C=O) groups excluding carboxylic acids is 1. The molecule has 1 aromatic rings. The highest BCUT2D eigenvalue weighted by Crippen LogP contribution is 2.27. The lowest BCUT2D eigenvalue weighted by molar-refractivity contribution is 0.0635. The smallest absolute Gasteiger partial charge is 0.412 e. The normalized spacial score (nSPS) is 11.1. The third kappa shape index (κ3) is 3.96. The number of nitrogens with one attached hydrogen (secondary N) is 1. The van der Waals surface area contributed by atoms with Crippen molar-refractivity contribution >= 4 is 11.8 Å². The Morgan fingerprint density at radius 2 is 2.06 bits per heavy atom. The van der Waals surface area contributed by atoms with Crippen molar-refractivity contribution in [3.05, 3.63) is 23.8 Å². The Kier molecular flexibility index (Phi) is 3.96. The Hall–Kier alpha value is -1.75. The average molecular weight is 239 g/mol. The van der Waals surface area contributed by atoms with Crippen molar-refractivity contribution in [3.8, 4) is 5.75 Å². The van der Waals surface area contributed by atoms with Crippen molar-refractivity contribution in [2.75, 3.05) is 5.32 Å². The summed E-state index contributed by atoms with van der Waals surface area (Å²) < 4.78 is 5.05. The molecule has 5 nitrogen and oxygen atoms in total. The van der Waals surface area contributed by atoms with Gasteiger partial charge < -0.3 is 14.9 Å². The molecule has 17 heavy (non-hydrogen) atoms. The molecule has 3 N–H and O–H groups in total. The topological polar surface area (TPSA) is 78.8 Å². The van der Waals surface area contributed by atoms with Gasteiger partial charge in [0, 0.05) is 5.56 Å². The maximum Gasteiger partial charge on any atom is 0.412 e. The average Bonchev–Trinajstić information content (AvgIpc) is 2.18. The second-order valence-electron chi connectivity index (χ2n) is 4.60. The summed E-state index contributed by atoms with van der Waals surface area (Å²) >= 11 is 0. The highest BCUT2D eigenvalue weighted by molar-refractivity contribution is 5.88. The summed E-state index contributed by atoms with van der Waals surface area (Å²) in [5.41, 5.74) is -0.0199. The number of aliphatic hydroxyl groups excluding tert-OH is 1. The van der Waals surface area contributed by atoms with Gasteiger partial charge in [0.25, 0.3) is 0 Å². The van der Waals surface area contributed by atoms with Gasteiger partial charge in [-0.05, 0) is 26.8 Å². The number of rotatable bonds is 2. The molecular weight excluding hydrogens is 222 g/mol. The van der Waals surface area contributed by atoms with Crippen LogP contribution in [0.15, 0.2) is 18.2 Å². The van der Waals surface area contributed by atoms with E-state index in [1.54, 1.807) is 32.9 Å².